The first-order valence-corrected chi connectivity index (χ1v) is 8.87. The molecule has 0 bridgehead atoms. The molecule has 0 spiro atoms. The van der Waals surface area contributed by atoms with Crippen LogP contribution in [0.25, 0.3) is 0 Å². The van der Waals surface area contributed by atoms with Crippen LogP contribution in [0.2, 0.25) is 0 Å². The molecule has 0 aliphatic carbocycles. The third kappa shape index (κ3) is 3.53. The fourth-order valence-corrected chi connectivity index (χ4v) is 4.85. The second-order valence-electron chi connectivity index (χ2n) is 5.48. The van der Waals surface area contributed by atoms with Crippen molar-refractivity contribution in [3.63, 3.8) is 0 Å². The molecule has 1 heterocycles. The summed E-state index contributed by atoms with van der Waals surface area (Å²) in [7, 11) is -3.46. The van der Waals surface area contributed by atoms with Gasteiger partial charge in [0.15, 0.2) is 5.11 Å². The molecule has 5 nitrogen and oxygen atoms in total. The van der Waals surface area contributed by atoms with Crippen LogP contribution in [0.1, 0.15) is 33.1 Å². The van der Waals surface area contributed by atoms with Gasteiger partial charge >= 0.3 is 0 Å². The molecule has 2 unspecified atom stereocenters. The number of nitrogens with one attached hydrogen (secondary N) is 1. The van der Waals surface area contributed by atoms with E-state index in [-0.39, 0.29) is 17.2 Å². The van der Waals surface area contributed by atoms with Gasteiger partial charge in [0.05, 0.1) is 4.90 Å². The van der Waals surface area contributed by atoms with Crippen molar-refractivity contribution in [2.45, 2.75) is 50.1 Å². The van der Waals surface area contributed by atoms with Crippen LogP contribution in [0.15, 0.2) is 29.2 Å². The highest BCUT2D eigenvalue weighted by atomic mass is 32.2. The van der Waals surface area contributed by atoms with Crippen LogP contribution in [0.3, 0.4) is 0 Å². The first-order valence-electron chi connectivity index (χ1n) is 7.02. The van der Waals surface area contributed by atoms with Crippen molar-refractivity contribution >= 4 is 33.0 Å². The van der Waals surface area contributed by atoms with E-state index in [2.05, 4.69) is 5.32 Å². The van der Waals surface area contributed by atoms with Crippen LogP contribution in [0.5, 0.6) is 0 Å². The first-order chi connectivity index (χ1) is 9.82. The molecular weight excluding hydrogens is 306 g/mol. The number of nitrogens with two attached hydrogens (primary N) is 1. The minimum absolute atomic E-state index is 0.0353. The molecule has 0 amide bonds. The number of rotatable bonds is 3. The van der Waals surface area contributed by atoms with Crippen LogP contribution < -0.4 is 11.1 Å². The van der Waals surface area contributed by atoms with Gasteiger partial charge in [0, 0.05) is 17.8 Å². The molecule has 0 saturated carbocycles. The van der Waals surface area contributed by atoms with Crippen molar-refractivity contribution in [2.24, 2.45) is 5.73 Å². The lowest BCUT2D eigenvalue weighted by molar-refractivity contribution is 0.204. The van der Waals surface area contributed by atoms with Crippen molar-refractivity contribution < 1.29 is 8.42 Å². The van der Waals surface area contributed by atoms with Gasteiger partial charge in [-0.2, -0.15) is 4.31 Å². The van der Waals surface area contributed by atoms with E-state index in [1.165, 1.54) is 0 Å². The van der Waals surface area contributed by atoms with Gasteiger partial charge in [0.25, 0.3) is 0 Å². The number of piperidine rings is 1. The fraction of sp³-hybridized carbons (Fsp3) is 0.500. The molecule has 1 saturated heterocycles. The van der Waals surface area contributed by atoms with Gasteiger partial charge in [-0.1, -0.05) is 6.42 Å². The number of hydrogen-bond acceptors (Lipinski definition) is 3. The predicted octanol–water partition coefficient (Wildman–Crippen LogP) is 2.29. The molecule has 3 N–H and O–H groups in total. The zero-order chi connectivity index (χ0) is 15.6. The predicted molar refractivity (Wildman–Crippen MR) is 88.6 cm³/mol. The Bertz CT molecular complexity index is 604. The van der Waals surface area contributed by atoms with Gasteiger partial charge in [-0.05, 0) is 63.2 Å². The molecule has 1 aliphatic rings. The second kappa shape index (κ2) is 6.29. The summed E-state index contributed by atoms with van der Waals surface area (Å²) in [5.41, 5.74) is 6.08. The maximum atomic E-state index is 12.8. The summed E-state index contributed by atoms with van der Waals surface area (Å²) in [5.74, 6) is 0. The number of nitrogens with zero attached hydrogens (tertiary/aromatic N) is 1. The Kier molecular flexibility index (Phi) is 4.85. The molecule has 1 fully saturated rings. The summed E-state index contributed by atoms with van der Waals surface area (Å²) in [6.07, 6.45) is 2.89. The van der Waals surface area contributed by atoms with Crippen molar-refractivity contribution in [3.05, 3.63) is 24.3 Å². The number of benzene rings is 1. The standard InChI is InChI=1S/C14H21N3O2S2/c1-10-4-3-5-11(2)17(10)21(18,19)13-8-6-12(7-9-13)16-14(15)20/h6-11H,3-5H2,1-2H3,(H3,15,16,20). The van der Waals surface area contributed by atoms with Crippen molar-refractivity contribution in [3.8, 4) is 0 Å². The third-order valence-electron chi connectivity index (χ3n) is 3.81. The zero-order valence-electron chi connectivity index (χ0n) is 12.2. The number of sulfonamides is 1. The summed E-state index contributed by atoms with van der Waals surface area (Å²) >= 11 is 4.76. The maximum Gasteiger partial charge on any atom is 0.243 e. The molecule has 21 heavy (non-hydrogen) atoms. The monoisotopic (exact) mass is 327 g/mol. The molecule has 2 atom stereocenters. The smallest absolute Gasteiger partial charge is 0.243 e. The van der Waals surface area contributed by atoms with Crippen molar-refractivity contribution in [1.29, 1.82) is 0 Å². The Morgan fingerprint density at radius 2 is 1.76 bits per heavy atom. The molecule has 1 aromatic carbocycles. The highest BCUT2D eigenvalue weighted by Gasteiger charge is 2.35. The Balaban J connectivity index is 2.28. The quantitative estimate of drug-likeness (QED) is 0.833. The fourth-order valence-electron chi connectivity index (χ4n) is 2.85. The summed E-state index contributed by atoms with van der Waals surface area (Å²) in [6.45, 7) is 3.94. The van der Waals surface area contributed by atoms with E-state index in [4.69, 9.17) is 18.0 Å². The molecular formula is C14H21N3O2S2. The SMILES string of the molecule is CC1CCCC(C)N1S(=O)(=O)c1ccc(NC(N)=S)cc1. The average Bonchev–Trinajstić information content (AvgIpc) is 2.38. The van der Waals surface area contributed by atoms with E-state index in [1.807, 2.05) is 13.8 Å². The summed E-state index contributed by atoms with van der Waals surface area (Å²) < 4.78 is 27.2. The minimum Gasteiger partial charge on any atom is -0.376 e. The number of hydrogen-bond donors (Lipinski definition) is 2. The van der Waals surface area contributed by atoms with E-state index in [1.54, 1.807) is 28.6 Å². The maximum absolute atomic E-state index is 12.8. The van der Waals surface area contributed by atoms with Gasteiger partial charge < -0.3 is 11.1 Å². The number of anilines is 1. The average molecular weight is 327 g/mol. The van der Waals surface area contributed by atoms with Crippen LogP contribution in [0.4, 0.5) is 5.69 Å². The van der Waals surface area contributed by atoms with E-state index in [0.717, 1.165) is 19.3 Å². The topological polar surface area (TPSA) is 75.4 Å². The molecule has 0 radical (unpaired) electrons. The van der Waals surface area contributed by atoms with E-state index in [9.17, 15) is 8.42 Å². The Labute approximate surface area is 131 Å². The molecule has 1 aromatic rings. The third-order valence-corrected chi connectivity index (χ3v) is 6.05. The molecule has 116 valence electrons. The van der Waals surface area contributed by atoms with E-state index in [0.29, 0.717) is 10.6 Å². The van der Waals surface area contributed by atoms with Crippen LogP contribution in [-0.2, 0) is 10.0 Å². The lowest BCUT2D eigenvalue weighted by Gasteiger charge is -2.37. The van der Waals surface area contributed by atoms with Gasteiger partial charge in [-0.15, -0.1) is 0 Å². The lowest BCUT2D eigenvalue weighted by atomic mass is 10.0. The molecule has 7 heteroatoms. The van der Waals surface area contributed by atoms with Crippen LogP contribution in [-0.4, -0.2) is 29.9 Å². The van der Waals surface area contributed by atoms with E-state index < -0.39 is 10.0 Å². The van der Waals surface area contributed by atoms with Crippen LogP contribution >= 0.6 is 12.2 Å². The zero-order valence-corrected chi connectivity index (χ0v) is 13.9. The molecule has 2 rings (SSSR count). The van der Waals surface area contributed by atoms with Crippen molar-refractivity contribution in [2.75, 3.05) is 5.32 Å². The highest BCUT2D eigenvalue weighted by Crippen LogP contribution is 2.29. The Hall–Kier alpha value is -1.18. The Morgan fingerprint density at radius 1 is 1.24 bits per heavy atom. The van der Waals surface area contributed by atoms with Gasteiger partial charge in [0.1, 0.15) is 0 Å². The molecule has 0 aromatic heterocycles. The Morgan fingerprint density at radius 3 is 2.24 bits per heavy atom. The van der Waals surface area contributed by atoms with Crippen molar-refractivity contribution in [1.82, 2.24) is 4.31 Å². The highest BCUT2D eigenvalue weighted by molar-refractivity contribution is 7.89. The van der Waals surface area contributed by atoms with Gasteiger partial charge in [-0.3, -0.25) is 0 Å². The second-order valence-corrected chi connectivity index (χ2v) is 7.76. The van der Waals surface area contributed by atoms with Gasteiger partial charge in [0.2, 0.25) is 10.0 Å². The summed E-state index contributed by atoms with van der Waals surface area (Å²) in [4.78, 5) is 0.302. The summed E-state index contributed by atoms with van der Waals surface area (Å²) in [5, 5.41) is 2.94. The van der Waals surface area contributed by atoms with Gasteiger partial charge in [-0.25, -0.2) is 8.42 Å². The normalized spacial score (nSPS) is 23.7. The summed E-state index contributed by atoms with van der Waals surface area (Å²) in [6, 6.07) is 6.59. The van der Waals surface area contributed by atoms with Crippen LogP contribution in [0, 0.1) is 0 Å². The first kappa shape index (κ1) is 16.2. The lowest BCUT2D eigenvalue weighted by Crippen LogP contribution is -2.47. The largest absolute Gasteiger partial charge is 0.376 e. The molecule has 1 aliphatic heterocycles. The minimum atomic E-state index is -3.46. The number of thiocarbonyl (C=S) groups is 1. The van der Waals surface area contributed by atoms with E-state index >= 15 is 0 Å².